The van der Waals surface area contributed by atoms with Gasteiger partial charge in [0.2, 0.25) is 0 Å². The van der Waals surface area contributed by atoms with E-state index in [0.717, 1.165) is 16.7 Å². The first-order valence-electron chi connectivity index (χ1n) is 13.6. The van der Waals surface area contributed by atoms with Gasteiger partial charge >= 0.3 is 11.9 Å². The SMILES string of the molecule is CC(CC(N=O)C(=O)O)(C(=O)Oc1ccccc1)c1csc(NC(c2ccccc2)(c2ccccc2)c2ccccc2)n1. The number of ether oxygens (including phenoxy) is 1. The second-order valence-electron chi connectivity index (χ2n) is 10.2. The molecule has 0 radical (unpaired) electrons. The predicted octanol–water partition coefficient (Wildman–Crippen LogP) is 7.02. The zero-order valence-electron chi connectivity index (χ0n) is 23.3. The lowest BCUT2D eigenvalue weighted by atomic mass is 9.77. The van der Waals surface area contributed by atoms with Crippen LogP contribution >= 0.6 is 11.3 Å². The topological polar surface area (TPSA) is 118 Å². The van der Waals surface area contributed by atoms with Crippen molar-refractivity contribution in [1.29, 1.82) is 0 Å². The quantitative estimate of drug-likeness (QED) is 0.0693. The van der Waals surface area contributed by atoms with Gasteiger partial charge in [-0.2, -0.15) is 0 Å². The summed E-state index contributed by atoms with van der Waals surface area (Å²) in [7, 11) is 0. The minimum Gasteiger partial charge on any atom is -0.480 e. The van der Waals surface area contributed by atoms with E-state index in [2.05, 4.69) is 10.5 Å². The van der Waals surface area contributed by atoms with Gasteiger partial charge in [-0.3, -0.25) is 4.79 Å². The predicted molar refractivity (Wildman–Crippen MR) is 166 cm³/mol. The lowest BCUT2D eigenvalue weighted by Gasteiger charge is -2.37. The number of nitrogens with one attached hydrogen (secondary N) is 1. The van der Waals surface area contributed by atoms with Crippen molar-refractivity contribution in [2.24, 2.45) is 5.18 Å². The summed E-state index contributed by atoms with van der Waals surface area (Å²) >= 11 is 1.27. The third kappa shape index (κ3) is 6.07. The Labute approximate surface area is 253 Å². The van der Waals surface area contributed by atoms with Gasteiger partial charge in [0.05, 0.1) is 5.69 Å². The number of thiazole rings is 1. The Bertz CT molecular complexity index is 1580. The van der Waals surface area contributed by atoms with Crippen molar-refractivity contribution < 1.29 is 19.4 Å². The fourth-order valence-electron chi connectivity index (χ4n) is 5.08. The molecule has 0 bridgehead atoms. The van der Waals surface area contributed by atoms with Crippen molar-refractivity contribution in [3.05, 3.63) is 154 Å². The maximum Gasteiger partial charge on any atom is 0.332 e. The minimum absolute atomic E-state index is 0.263. The summed E-state index contributed by atoms with van der Waals surface area (Å²) in [6.45, 7) is 1.52. The monoisotopic (exact) mass is 591 g/mol. The van der Waals surface area contributed by atoms with Crippen LogP contribution in [0, 0.1) is 4.91 Å². The normalized spacial score (nSPS) is 13.3. The molecule has 0 saturated carbocycles. The molecule has 2 atom stereocenters. The third-order valence-electron chi connectivity index (χ3n) is 7.40. The Balaban J connectivity index is 1.61. The molecule has 1 heterocycles. The first kappa shape index (κ1) is 29.3. The van der Waals surface area contributed by atoms with Crippen LogP contribution < -0.4 is 10.1 Å². The molecule has 0 aliphatic heterocycles. The largest absolute Gasteiger partial charge is 0.480 e. The van der Waals surface area contributed by atoms with Crippen molar-refractivity contribution in [1.82, 2.24) is 4.98 Å². The summed E-state index contributed by atoms with van der Waals surface area (Å²) in [5.74, 6) is -1.89. The first-order chi connectivity index (χ1) is 20.9. The highest BCUT2D eigenvalue weighted by Gasteiger charge is 2.45. The maximum atomic E-state index is 13.7. The average Bonchev–Trinajstić information content (AvgIpc) is 3.53. The van der Waals surface area contributed by atoms with Gasteiger partial charge in [-0.15, -0.1) is 16.2 Å². The van der Waals surface area contributed by atoms with E-state index in [-0.39, 0.29) is 11.4 Å². The van der Waals surface area contributed by atoms with Gasteiger partial charge in [-0.1, -0.05) is 114 Å². The summed E-state index contributed by atoms with van der Waals surface area (Å²) in [4.78, 5) is 41.8. The number of carboxylic acid groups (broad SMARTS) is 1. The number of esters is 1. The molecule has 9 heteroatoms. The molecule has 0 aliphatic carbocycles. The fourth-order valence-corrected chi connectivity index (χ4v) is 5.98. The van der Waals surface area contributed by atoms with Crippen LogP contribution in [0.25, 0.3) is 0 Å². The van der Waals surface area contributed by atoms with Gasteiger partial charge in [0, 0.05) is 11.8 Å². The van der Waals surface area contributed by atoms with Crippen LogP contribution in [0.4, 0.5) is 5.13 Å². The number of aromatic nitrogens is 1. The highest BCUT2D eigenvalue weighted by molar-refractivity contribution is 7.13. The van der Waals surface area contributed by atoms with Crippen LogP contribution in [0.3, 0.4) is 0 Å². The Morgan fingerprint density at radius 2 is 1.30 bits per heavy atom. The first-order valence-corrected chi connectivity index (χ1v) is 14.5. The molecule has 2 unspecified atom stereocenters. The van der Waals surface area contributed by atoms with E-state index in [1.165, 1.54) is 18.3 Å². The summed E-state index contributed by atoms with van der Waals surface area (Å²) < 4.78 is 5.65. The van der Waals surface area contributed by atoms with Crippen LogP contribution in [0.5, 0.6) is 5.75 Å². The maximum absolute atomic E-state index is 13.7. The minimum atomic E-state index is -1.68. The lowest BCUT2D eigenvalue weighted by Crippen LogP contribution is -2.41. The second-order valence-corrected chi connectivity index (χ2v) is 11.1. The Kier molecular flexibility index (Phi) is 8.73. The number of hydrogen-bond acceptors (Lipinski definition) is 8. The zero-order valence-corrected chi connectivity index (χ0v) is 24.1. The van der Waals surface area contributed by atoms with Crippen molar-refractivity contribution in [3.8, 4) is 5.75 Å². The summed E-state index contributed by atoms with van der Waals surface area (Å²) in [5.41, 5.74) is 0.690. The molecule has 0 aliphatic rings. The number of nitrogens with zero attached hydrogens (tertiary/aromatic N) is 2. The van der Waals surface area contributed by atoms with Crippen LogP contribution in [0.2, 0.25) is 0 Å². The number of carbonyl (C=O) groups is 2. The van der Waals surface area contributed by atoms with Crippen molar-refractivity contribution >= 4 is 28.4 Å². The molecule has 0 spiro atoms. The number of nitroso groups, excluding NO2 is 1. The van der Waals surface area contributed by atoms with Gasteiger partial charge in [0.1, 0.15) is 16.7 Å². The second kappa shape index (κ2) is 12.8. The van der Waals surface area contributed by atoms with E-state index in [9.17, 15) is 19.6 Å². The number of carbonyl (C=O) groups excluding carboxylic acids is 1. The molecule has 5 rings (SSSR count). The third-order valence-corrected chi connectivity index (χ3v) is 8.16. The molecule has 2 N–H and O–H groups in total. The number of benzene rings is 4. The van der Waals surface area contributed by atoms with E-state index in [4.69, 9.17) is 9.72 Å². The number of para-hydroxylation sites is 1. The molecule has 216 valence electrons. The number of hydrogen-bond donors (Lipinski definition) is 2. The van der Waals surface area contributed by atoms with E-state index in [1.807, 2.05) is 91.0 Å². The van der Waals surface area contributed by atoms with Gasteiger partial charge in [0.15, 0.2) is 11.2 Å². The highest BCUT2D eigenvalue weighted by atomic mass is 32.1. The Morgan fingerprint density at radius 3 is 1.74 bits per heavy atom. The molecule has 8 nitrogen and oxygen atoms in total. The molecule has 43 heavy (non-hydrogen) atoms. The van der Waals surface area contributed by atoms with Crippen LogP contribution in [0.15, 0.2) is 132 Å². The van der Waals surface area contributed by atoms with E-state index in [0.29, 0.717) is 5.13 Å². The molecular weight excluding hydrogens is 562 g/mol. The van der Waals surface area contributed by atoms with Crippen LogP contribution in [0.1, 0.15) is 35.7 Å². The lowest BCUT2D eigenvalue weighted by molar-refractivity contribution is -0.143. The number of anilines is 1. The molecule has 1 aromatic heterocycles. The summed E-state index contributed by atoms with van der Waals surface area (Å²) in [6, 6.07) is 36.7. The van der Waals surface area contributed by atoms with Gasteiger partial charge in [-0.25, -0.2) is 9.78 Å². The fraction of sp³-hybridized carbons (Fsp3) is 0.147. The standard InChI is InChI=1S/C34H29N3O5S/c1-33(22-28(37-41)30(38)39,31(40)42-27-20-12-5-13-21-27)29-23-43-32(35-29)36-34(24-14-6-2-7-15-24,25-16-8-3-9-17-25)26-18-10-4-11-19-26/h2-21,23,28H,22H2,1H3,(H,35,36)(H,38,39). The van der Waals surface area contributed by atoms with Crippen LogP contribution in [-0.4, -0.2) is 28.1 Å². The van der Waals surface area contributed by atoms with Crippen molar-refractivity contribution in [3.63, 3.8) is 0 Å². The smallest absolute Gasteiger partial charge is 0.332 e. The number of rotatable bonds is 12. The van der Waals surface area contributed by atoms with E-state index in [1.54, 1.807) is 35.7 Å². The van der Waals surface area contributed by atoms with Crippen molar-refractivity contribution in [2.45, 2.75) is 30.3 Å². The van der Waals surface area contributed by atoms with Gasteiger partial charge < -0.3 is 15.2 Å². The molecule has 0 saturated heterocycles. The van der Waals surface area contributed by atoms with Crippen LogP contribution in [-0.2, 0) is 20.5 Å². The Hall–Kier alpha value is -5.15. The summed E-state index contributed by atoms with van der Waals surface area (Å²) in [5, 5.41) is 18.2. The van der Waals surface area contributed by atoms with E-state index >= 15 is 0 Å². The number of aliphatic carboxylic acids is 1. The molecule has 0 fully saturated rings. The molecule has 5 aromatic rings. The van der Waals surface area contributed by atoms with Crippen molar-refractivity contribution in [2.75, 3.05) is 5.32 Å². The zero-order chi connectivity index (χ0) is 30.3. The van der Waals surface area contributed by atoms with E-state index < -0.39 is 35.4 Å². The average molecular weight is 592 g/mol. The molecule has 0 amide bonds. The highest BCUT2D eigenvalue weighted by Crippen LogP contribution is 2.42. The molecule has 4 aromatic carbocycles. The van der Waals surface area contributed by atoms with Gasteiger partial charge in [-0.05, 0) is 35.7 Å². The Morgan fingerprint density at radius 1 is 0.837 bits per heavy atom. The molecular formula is C34H29N3O5S. The number of carboxylic acids is 1. The summed E-state index contributed by atoms with van der Waals surface area (Å²) in [6.07, 6.45) is -0.429. The van der Waals surface area contributed by atoms with Gasteiger partial charge in [0.25, 0.3) is 0 Å².